The van der Waals surface area contributed by atoms with Gasteiger partial charge in [0.1, 0.15) is 5.82 Å². The van der Waals surface area contributed by atoms with Crippen LogP contribution in [0.4, 0.5) is 10.1 Å². The van der Waals surface area contributed by atoms with E-state index in [0.717, 1.165) is 24.2 Å². The fourth-order valence-corrected chi connectivity index (χ4v) is 2.63. The van der Waals surface area contributed by atoms with Crippen LogP contribution < -0.4 is 5.32 Å². The number of nitrogens with one attached hydrogen (secondary N) is 1. The molecule has 0 aliphatic carbocycles. The number of hydrogen-bond donors (Lipinski definition) is 1. The molecule has 2 aromatic carbocycles. The van der Waals surface area contributed by atoms with Gasteiger partial charge in [-0.3, -0.25) is 4.79 Å². The molecule has 1 aliphatic heterocycles. The summed E-state index contributed by atoms with van der Waals surface area (Å²) in [7, 11) is 1.73. The van der Waals surface area contributed by atoms with E-state index in [2.05, 4.69) is 5.32 Å². The largest absolute Gasteiger partial charge is 0.384 e. The van der Waals surface area contributed by atoms with Gasteiger partial charge in [0, 0.05) is 31.4 Å². The van der Waals surface area contributed by atoms with Crippen molar-refractivity contribution >= 4 is 11.6 Å². The lowest BCUT2D eigenvalue weighted by Crippen LogP contribution is -2.26. The molecule has 0 bridgehead atoms. The van der Waals surface area contributed by atoms with Gasteiger partial charge < -0.3 is 10.2 Å². The summed E-state index contributed by atoms with van der Waals surface area (Å²) in [6.07, 6.45) is 1.00. The fraction of sp³-hybridized carbons (Fsp3) is 0.235. The first-order valence-electron chi connectivity index (χ1n) is 7.00. The minimum absolute atomic E-state index is 0.0595. The summed E-state index contributed by atoms with van der Waals surface area (Å²) in [4.78, 5) is 14.0. The molecule has 0 spiro atoms. The maximum Gasteiger partial charge on any atom is 0.253 e. The number of amides is 1. The number of nitrogens with zero attached hydrogens (tertiary/aromatic N) is 1. The van der Waals surface area contributed by atoms with Crippen molar-refractivity contribution in [3.8, 4) is 0 Å². The van der Waals surface area contributed by atoms with Crippen molar-refractivity contribution in [1.82, 2.24) is 4.90 Å². The minimum Gasteiger partial charge on any atom is -0.384 e. The Morgan fingerprint density at radius 1 is 1.29 bits per heavy atom. The molecule has 1 amide bonds. The Balaban J connectivity index is 1.75. The second-order valence-corrected chi connectivity index (χ2v) is 5.34. The Hall–Kier alpha value is -2.36. The molecule has 0 saturated carbocycles. The van der Waals surface area contributed by atoms with E-state index in [1.54, 1.807) is 18.0 Å². The van der Waals surface area contributed by atoms with Crippen molar-refractivity contribution < 1.29 is 9.18 Å². The van der Waals surface area contributed by atoms with E-state index in [0.29, 0.717) is 12.1 Å². The quantitative estimate of drug-likeness (QED) is 0.939. The zero-order chi connectivity index (χ0) is 14.8. The number of carbonyl (C=O) groups is 1. The smallest absolute Gasteiger partial charge is 0.253 e. The topological polar surface area (TPSA) is 32.3 Å². The lowest BCUT2D eigenvalue weighted by molar-refractivity contribution is 0.0785. The van der Waals surface area contributed by atoms with Crippen LogP contribution >= 0.6 is 0 Å². The number of rotatable bonds is 3. The Bertz CT molecular complexity index is 684. The summed E-state index contributed by atoms with van der Waals surface area (Å²) in [5, 5.41) is 3.27. The van der Waals surface area contributed by atoms with Crippen LogP contribution in [0.25, 0.3) is 0 Å². The molecule has 3 rings (SSSR count). The lowest BCUT2D eigenvalue weighted by Gasteiger charge is -2.18. The van der Waals surface area contributed by atoms with Crippen molar-refractivity contribution in [3.63, 3.8) is 0 Å². The average molecular weight is 284 g/mol. The van der Waals surface area contributed by atoms with E-state index >= 15 is 0 Å². The SMILES string of the molecule is CN(Cc1cccc(F)c1)C(=O)c1ccc2c(c1)NCC2. The van der Waals surface area contributed by atoms with Gasteiger partial charge in [-0.05, 0) is 41.8 Å². The monoisotopic (exact) mass is 284 g/mol. The van der Waals surface area contributed by atoms with Gasteiger partial charge >= 0.3 is 0 Å². The first-order valence-corrected chi connectivity index (χ1v) is 7.00. The van der Waals surface area contributed by atoms with Crippen LogP contribution in [0, 0.1) is 5.82 Å². The molecule has 0 saturated heterocycles. The zero-order valence-electron chi connectivity index (χ0n) is 11.9. The van der Waals surface area contributed by atoms with Crippen LogP contribution in [0.1, 0.15) is 21.5 Å². The van der Waals surface area contributed by atoms with Crippen LogP contribution in [0.2, 0.25) is 0 Å². The van der Waals surface area contributed by atoms with Crippen molar-refractivity contribution in [2.24, 2.45) is 0 Å². The van der Waals surface area contributed by atoms with Gasteiger partial charge in [0.25, 0.3) is 5.91 Å². The maximum absolute atomic E-state index is 13.2. The van der Waals surface area contributed by atoms with E-state index in [-0.39, 0.29) is 11.7 Å². The number of hydrogen-bond acceptors (Lipinski definition) is 2. The second kappa shape index (κ2) is 5.56. The molecule has 1 heterocycles. The Morgan fingerprint density at radius 2 is 2.14 bits per heavy atom. The minimum atomic E-state index is -0.282. The van der Waals surface area contributed by atoms with Crippen molar-refractivity contribution in [1.29, 1.82) is 0 Å². The number of anilines is 1. The average Bonchev–Trinajstić information content (AvgIpc) is 2.93. The van der Waals surface area contributed by atoms with Gasteiger partial charge in [0.2, 0.25) is 0 Å². The molecule has 21 heavy (non-hydrogen) atoms. The van der Waals surface area contributed by atoms with Crippen molar-refractivity contribution in [2.75, 3.05) is 18.9 Å². The summed E-state index contributed by atoms with van der Waals surface area (Å²) in [5.41, 5.74) is 3.73. The summed E-state index contributed by atoms with van der Waals surface area (Å²) in [6, 6.07) is 12.1. The Kier molecular flexibility index (Phi) is 3.60. The van der Waals surface area contributed by atoms with E-state index in [1.165, 1.54) is 17.7 Å². The van der Waals surface area contributed by atoms with Crippen LogP contribution in [0.15, 0.2) is 42.5 Å². The summed E-state index contributed by atoms with van der Waals surface area (Å²) < 4.78 is 13.2. The number of fused-ring (bicyclic) bond motifs is 1. The first-order chi connectivity index (χ1) is 10.1. The third kappa shape index (κ3) is 2.89. The van der Waals surface area contributed by atoms with Crippen LogP contribution in [0.3, 0.4) is 0 Å². The highest BCUT2D eigenvalue weighted by molar-refractivity contribution is 5.95. The van der Waals surface area contributed by atoms with E-state index < -0.39 is 0 Å². The van der Waals surface area contributed by atoms with Gasteiger partial charge in [0.05, 0.1) is 0 Å². The molecule has 4 heteroatoms. The highest BCUT2D eigenvalue weighted by Crippen LogP contribution is 2.24. The summed E-state index contributed by atoms with van der Waals surface area (Å²) >= 11 is 0. The predicted octanol–water partition coefficient (Wildman–Crippen LogP) is 3.07. The van der Waals surface area contributed by atoms with Crippen molar-refractivity contribution in [3.05, 3.63) is 65.0 Å². The highest BCUT2D eigenvalue weighted by atomic mass is 19.1. The van der Waals surface area contributed by atoms with Gasteiger partial charge in [-0.1, -0.05) is 18.2 Å². The Morgan fingerprint density at radius 3 is 2.95 bits per heavy atom. The highest BCUT2D eigenvalue weighted by Gasteiger charge is 2.16. The number of carbonyl (C=O) groups excluding carboxylic acids is 1. The van der Waals surface area contributed by atoms with Crippen LogP contribution in [-0.4, -0.2) is 24.4 Å². The van der Waals surface area contributed by atoms with Crippen molar-refractivity contribution in [2.45, 2.75) is 13.0 Å². The van der Waals surface area contributed by atoms with Gasteiger partial charge in [-0.25, -0.2) is 4.39 Å². The van der Waals surface area contributed by atoms with E-state index in [1.807, 2.05) is 24.3 Å². The van der Waals surface area contributed by atoms with Crippen LogP contribution in [0.5, 0.6) is 0 Å². The number of benzene rings is 2. The molecule has 1 aliphatic rings. The molecule has 0 atom stereocenters. The van der Waals surface area contributed by atoms with Gasteiger partial charge in [0.15, 0.2) is 0 Å². The molecule has 2 aromatic rings. The van der Waals surface area contributed by atoms with Gasteiger partial charge in [-0.2, -0.15) is 0 Å². The molecule has 108 valence electrons. The first kappa shape index (κ1) is 13.6. The lowest BCUT2D eigenvalue weighted by atomic mass is 10.1. The predicted molar refractivity (Wildman–Crippen MR) is 80.8 cm³/mol. The molecule has 0 unspecified atom stereocenters. The molecule has 1 N–H and O–H groups in total. The number of halogens is 1. The summed E-state index contributed by atoms with van der Waals surface area (Å²) in [6.45, 7) is 1.31. The van der Waals surface area contributed by atoms with Crippen LogP contribution in [-0.2, 0) is 13.0 Å². The molecule has 0 radical (unpaired) electrons. The molecule has 3 nitrogen and oxygen atoms in total. The normalized spacial score (nSPS) is 12.7. The second-order valence-electron chi connectivity index (χ2n) is 5.34. The zero-order valence-corrected chi connectivity index (χ0v) is 11.9. The third-order valence-electron chi connectivity index (χ3n) is 3.72. The molecule has 0 aromatic heterocycles. The van der Waals surface area contributed by atoms with E-state index in [4.69, 9.17) is 0 Å². The molecular formula is C17H17FN2O. The Labute approximate surface area is 123 Å². The van der Waals surface area contributed by atoms with Gasteiger partial charge in [-0.15, -0.1) is 0 Å². The molecular weight excluding hydrogens is 267 g/mol. The maximum atomic E-state index is 13.2. The van der Waals surface area contributed by atoms with E-state index in [9.17, 15) is 9.18 Å². The summed E-state index contributed by atoms with van der Waals surface area (Å²) in [5.74, 6) is -0.342. The standard InChI is InChI=1S/C17H17FN2O/c1-20(11-12-3-2-4-15(18)9-12)17(21)14-6-5-13-7-8-19-16(13)10-14/h2-6,9-10,19H,7-8,11H2,1H3. The fourth-order valence-electron chi connectivity index (χ4n) is 2.63. The molecule has 0 fully saturated rings. The third-order valence-corrected chi connectivity index (χ3v) is 3.72.